The molecule has 0 saturated heterocycles. The van der Waals surface area contributed by atoms with Crippen LogP contribution in [-0.2, 0) is 0 Å². The zero-order valence-corrected chi connectivity index (χ0v) is 10.6. The summed E-state index contributed by atoms with van der Waals surface area (Å²) in [6, 6.07) is 4.33. The van der Waals surface area contributed by atoms with Crippen molar-refractivity contribution >= 4 is 5.91 Å². The maximum Gasteiger partial charge on any atom is 0.573 e. The molecule has 0 fully saturated rings. The van der Waals surface area contributed by atoms with Gasteiger partial charge in [0.2, 0.25) is 0 Å². The second-order valence-corrected chi connectivity index (χ2v) is 4.41. The van der Waals surface area contributed by atoms with Crippen LogP contribution >= 0.6 is 0 Å². The number of hydrogen-bond donors (Lipinski definition) is 3. The van der Waals surface area contributed by atoms with Crippen LogP contribution in [0.1, 0.15) is 17.3 Å². The molecule has 1 aromatic rings. The molecule has 0 aliphatic carbocycles. The Hall–Kier alpha value is -1.80. The number of hydrogen-bond acceptors (Lipinski definition) is 4. The first kappa shape index (κ1) is 16.3. The molecule has 0 radical (unpaired) electrons. The predicted molar refractivity (Wildman–Crippen MR) is 63.2 cm³/mol. The Balaban J connectivity index is 2.62. The zero-order valence-electron chi connectivity index (χ0n) is 10.6. The molecule has 0 bridgehead atoms. The van der Waals surface area contributed by atoms with Crippen LogP contribution < -0.4 is 10.1 Å². The Morgan fingerprint density at radius 2 is 1.85 bits per heavy atom. The van der Waals surface area contributed by atoms with Crippen molar-refractivity contribution < 1.29 is 32.9 Å². The van der Waals surface area contributed by atoms with Crippen LogP contribution in [0.15, 0.2) is 24.3 Å². The fourth-order valence-corrected chi connectivity index (χ4v) is 1.24. The number of carbonyl (C=O) groups excluding carboxylic acids is 1. The molecule has 5 nitrogen and oxygen atoms in total. The molecule has 3 N–H and O–H groups in total. The largest absolute Gasteiger partial charge is 0.573 e. The SMILES string of the molecule is CC(O)(CO)CNC(=O)c1ccc(OC(F)(F)F)cc1. The quantitative estimate of drug-likeness (QED) is 0.758. The minimum absolute atomic E-state index is 0.105. The van der Waals surface area contributed by atoms with Crippen LogP contribution in [0.4, 0.5) is 13.2 Å². The molecular formula is C12H14F3NO4. The molecule has 0 heterocycles. The van der Waals surface area contributed by atoms with Crippen molar-refractivity contribution in [2.45, 2.75) is 18.9 Å². The molecule has 20 heavy (non-hydrogen) atoms. The number of rotatable bonds is 5. The van der Waals surface area contributed by atoms with Gasteiger partial charge in [-0.1, -0.05) is 0 Å². The van der Waals surface area contributed by atoms with Gasteiger partial charge in [0.05, 0.1) is 6.61 Å². The van der Waals surface area contributed by atoms with E-state index in [9.17, 15) is 23.1 Å². The van der Waals surface area contributed by atoms with Crippen molar-refractivity contribution in [2.24, 2.45) is 0 Å². The second kappa shape index (κ2) is 6.10. The normalized spacial score (nSPS) is 14.5. The summed E-state index contributed by atoms with van der Waals surface area (Å²) in [6.07, 6.45) is -4.79. The summed E-state index contributed by atoms with van der Waals surface area (Å²) in [5.41, 5.74) is -1.36. The lowest BCUT2D eigenvalue weighted by Gasteiger charge is -2.20. The number of halogens is 3. The summed E-state index contributed by atoms with van der Waals surface area (Å²) < 4.78 is 39.5. The molecule has 0 aliphatic heterocycles. The highest BCUT2D eigenvalue weighted by atomic mass is 19.4. The van der Waals surface area contributed by atoms with Gasteiger partial charge in [-0.05, 0) is 31.2 Å². The lowest BCUT2D eigenvalue weighted by Crippen LogP contribution is -2.43. The average Bonchev–Trinajstić information content (AvgIpc) is 2.35. The number of nitrogens with one attached hydrogen (secondary N) is 1. The first-order valence-electron chi connectivity index (χ1n) is 5.60. The van der Waals surface area contributed by atoms with Crippen molar-refractivity contribution in [1.82, 2.24) is 5.32 Å². The lowest BCUT2D eigenvalue weighted by molar-refractivity contribution is -0.274. The van der Waals surface area contributed by atoms with Crippen LogP contribution in [0, 0.1) is 0 Å². The van der Waals surface area contributed by atoms with Gasteiger partial charge in [-0.15, -0.1) is 13.2 Å². The van der Waals surface area contributed by atoms with Crippen LogP contribution in [0.2, 0.25) is 0 Å². The highest BCUT2D eigenvalue weighted by molar-refractivity contribution is 5.94. The Morgan fingerprint density at radius 3 is 2.30 bits per heavy atom. The van der Waals surface area contributed by atoms with Crippen LogP contribution in [0.5, 0.6) is 5.75 Å². The van der Waals surface area contributed by atoms with Gasteiger partial charge in [0.15, 0.2) is 0 Å². The number of aliphatic hydroxyl groups excluding tert-OH is 1. The molecule has 1 unspecified atom stereocenters. The summed E-state index contributed by atoms with van der Waals surface area (Å²) in [5.74, 6) is -1.02. The third-order valence-electron chi connectivity index (χ3n) is 2.32. The molecular weight excluding hydrogens is 279 g/mol. The first-order chi connectivity index (χ1) is 9.13. The summed E-state index contributed by atoms with van der Waals surface area (Å²) in [7, 11) is 0. The van der Waals surface area contributed by atoms with Crippen molar-refractivity contribution in [3.8, 4) is 5.75 Å². The summed E-state index contributed by atoms with van der Waals surface area (Å²) in [6.45, 7) is 0.600. The highest BCUT2D eigenvalue weighted by Crippen LogP contribution is 2.22. The minimum Gasteiger partial charge on any atom is -0.406 e. The van der Waals surface area contributed by atoms with Gasteiger partial charge in [-0.25, -0.2) is 0 Å². The van der Waals surface area contributed by atoms with E-state index in [2.05, 4.69) is 10.1 Å². The van der Waals surface area contributed by atoms with Gasteiger partial charge >= 0.3 is 6.36 Å². The van der Waals surface area contributed by atoms with E-state index in [0.29, 0.717) is 0 Å². The number of amides is 1. The van der Waals surface area contributed by atoms with E-state index in [4.69, 9.17) is 5.11 Å². The number of benzene rings is 1. The highest BCUT2D eigenvalue weighted by Gasteiger charge is 2.31. The third-order valence-corrected chi connectivity index (χ3v) is 2.32. The molecule has 1 aromatic carbocycles. The third kappa shape index (κ3) is 5.45. The van der Waals surface area contributed by atoms with Crippen molar-refractivity contribution in [1.29, 1.82) is 0 Å². The zero-order chi connectivity index (χ0) is 15.4. The van der Waals surface area contributed by atoms with E-state index in [1.807, 2.05) is 0 Å². The van der Waals surface area contributed by atoms with E-state index in [1.54, 1.807) is 0 Å². The fourth-order valence-electron chi connectivity index (χ4n) is 1.24. The van der Waals surface area contributed by atoms with Gasteiger partial charge < -0.3 is 20.3 Å². The fraction of sp³-hybridized carbons (Fsp3) is 0.417. The molecule has 0 spiro atoms. The Bertz CT molecular complexity index is 457. The molecule has 8 heteroatoms. The van der Waals surface area contributed by atoms with Crippen LogP contribution in [-0.4, -0.2) is 41.2 Å². The van der Waals surface area contributed by atoms with Gasteiger partial charge in [-0.2, -0.15) is 0 Å². The van der Waals surface area contributed by atoms with Crippen LogP contribution in [0.25, 0.3) is 0 Å². The average molecular weight is 293 g/mol. The van der Waals surface area contributed by atoms with E-state index in [1.165, 1.54) is 6.92 Å². The van der Waals surface area contributed by atoms with E-state index in [0.717, 1.165) is 24.3 Å². The van der Waals surface area contributed by atoms with E-state index >= 15 is 0 Å². The van der Waals surface area contributed by atoms with Gasteiger partial charge in [0.1, 0.15) is 11.4 Å². The summed E-state index contributed by atoms with van der Waals surface area (Å²) in [5, 5.41) is 20.6. The predicted octanol–water partition coefficient (Wildman–Crippen LogP) is 1.06. The van der Waals surface area contributed by atoms with Gasteiger partial charge in [-0.3, -0.25) is 4.79 Å². The Morgan fingerprint density at radius 1 is 1.30 bits per heavy atom. The van der Waals surface area contributed by atoms with E-state index in [-0.39, 0.29) is 12.1 Å². The smallest absolute Gasteiger partial charge is 0.406 e. The van der Waals surface area contributed by atoms with Crippen LogP contribution in [0.3, 0.4) is 0 Å². The maximum absolute atomic E-state index is 11.9. The molecule has 0 aromatic heterocycles. The van der Waals surface area contributed by atoms with Gasteiger partial charge in [0, 0.05) is 12.1 Å². The number of aliphatic hydroxyl groups is 2. The van der Waals surface area contributed by atoms with Crippen molar-refractivity contribution in [3.63, 3.8) is 0 Å². The maximum atomic E-state index is 11.9. The lowest BCUT2D eigenvalue weighted by atomic mass is 10.1. The summed E-state index contributed by atoms with van der Waals surface area (Å²) >= 11 is 0. The van der Waals surface area contributed by atoms with Crippen molar-refractivity contribution in [3.05, 3.63) is 29.8 Å². The molecule has 112 valence electrons. The van der Waals surface area contributed by atoms with Gasteiger partial charge in [0.25, 0.3) is 5.91 Å². The van der Waals surface area contributed by atoms with E-state index < -0.39 is 30.2 Å². The number of ether oxygens (including phenoxy) is 1. The number of alkyl halides is 3. The molecule has 0 saturated carbocycles. The Kier molecular flexibility index (Phi) is 4.96. The topological polar surface area (TPSA) is 78.8 Å². The van der Waals surface area contributed by atoms with Crippen molar-refractivity contribution in [2.75, 3.05) is 13.2 Å². The molecule has 0 aliphatic rings. The summed E-state index contributed by atoms with van der Waals surface area (Å²) in [4.78, 5) is 11.6. The molecule has 1 amide bonds. The molecule has 1 rings (SSSR count). The second-order valence-electron chi connectivity index (χ2n) is 4.41. The number of carbonyl (C=O) groups is 1. The standard InChI is InChI=1S/C12H14F3NO4/c1-11(19,7-17)6-16-10(18)8-2-4-9(5-3-8)20-12(13,14)15/h2-5,17,19H,6-7H2,1H3,(H,16,18). The molecule has 1 atom stereocenters. The minimum atomic E-state index is -4.79. The Labute approximate surface area is 113 Å². The first-order valence-corrected chi connectivity index (χ1v) is 5.60. The monoisotopic (exact) mass is 293 g/mol.